The number of hydrogen-bond acceptors (Lipinski definition) is 3. The largest absolute Gasteiger partial charge is 0.486 e. The molecule has 0 heterocycles. The van der Waals surface area contributed by atoms with Crippen molar-refractivity contribution in [3.05, 3.63) is 27.7 Å². The first-order chi connectivity index (χ1) is 7.95. The van der Waals surface area contributed by atoms with E-state index in [-0.39, 0.29) is 6.10 Å². The molecule has 5 heteroatoms. The van der Waals surface area contributed by atoms with Crippen LogP contribution in [0.5, 0.6) is 5.75 Å². The van der Waals surface area contributed by atoms with E-state index in [0.717, 1.165) is 5.56 Å². The van der Waals surface area contributed by atoms with Gasteiger partial charge in [0.25, 0.3) is 0 Å². The van der Waals surface area contributed by atoms with E-state index in [1.807, 2.05) is 7.05 Å². The first-order valence-corrected chi connectivity index (χ1v) is 6.18. The summed E-state index contributed by atoms with van der Waals surface area (Å²) in [4.78, 5) is 0. The molecule has 0 saturated heterocycles. The third-order valence-corrected chi connectivity index (χ3v) is 2.93. The second kappa shape index (κ2) is 6.45. The monoisotopic (exact) mass is 277 g/mol. The van der Waals surface area contributed by atoms with E-state index in [9.17, 15) is 5.11 Å². The zero-order chi connectivity index (χ0) is 13.0. The van der Waals surface area contributed by atoms with Crippen molar-refractivity contribution in [3.63, 3.8) is 0 Å². The van der Waals surface area contributed by atoms with Crippen LogP contribution in [0, 0.1) is 0 Å². The summed E-state index contributed by atoms with van der Waals surface area (Å²) in [5.74, 6) is 0.568. The van der Waals surface area contributed by atoms with Crippen LogP contribution in [0.25, 0.3) is 0 Å². The molecule has 0 aliphatic carbocycles. The van der Waals surface area contributed by atoms with Gasteiger partial charge in [0, 0.05) is 17.1 Å². The highest BCUT2D eigenvalue weighted by molar-refractivity contribution is 6.35. The molecule has 0 aromatic heterocycles. The molecule has 1 aromatic carbocycles. The molecule has 2 unspecified atom stereocenters. The smallest absolute Gasteiger partial charge is 0.143 e. The highest BCUT2D eigenvalue weighted by Crippen LogP contribution is 2.33. The normalized spacial score (nSPS) is 14.5. The Morgan fingerprint density at radius 3 is 2.53 bits per heavy atom. The number of halogens is 2. The Balaban J connectivity index is 3.03. The van der Waals surface area contributed by atoms with Crippen molar-refractivity contribution in [2.75, 3.05) is 7.05 Å². The Hall–Kier alpha value is -0.480. The third kappa shape index (κ3) is 4.03. The van der Waals surface area contributed by atoms with Gasteiger partial charge in [-0.3, -0.25) is 0 Å². The van der Waals surface area contributed by atoms with E-state index in [0.29, 0.717) is 22.3 Å². The lowest BCUT2D eigenvalue weighted by atomic mass is 10.2. The van der Waals surface area contributed by atoms with Gasteiger partial charge in [0.05, 0.1) is 11.1 Å². The molecule has 2 atom stereocenters. The first-order valence-electron chi connectivity index (χ1n) is 5.43. The summed E-state index contributed by atoms with van der Waals surface area (Å²) in [6.45, 7) is 4.06. The van der Waals surface area contributed by atoms with Gasteiger partial charge in [-0.05, 0) is 33.0 Å². The molecule has 0 bridgehead atoms. The van der Waals surface area contributed by atoms with Crippen molar-refractivity contribution < 1.29 is 9.84 Å². The number of nitrogens with one attached hydrogen (secondary N) is 1. The van der Waals surface area contributed by atoms with Crippen LogP contribution in [0.15, 0.2) is 12.1 Å². The van der Waals surface area contributed by atoms with Crippen LogP contribution >= 0.6 is 23.2 Å². The van der Waals surface area contributed by atoms with Gasteiger partial charge in [0.15, 0.2) is 0 Å². The van der Waals surface area contributed by atoms with Crippen LogP contribution in [0.2, 0.25) is 10.0 Å². The second-order valence-electron chi connectivity index (χ2n) is 3.97. The minimum Gasteiger partial charge on any atom is -0.486 e. The number of ether oxygens (including phenoxy) is 1. The fourth-order valence-electron chi connectivity index (χ4n) is 1.35. The highest BCUT2D eigenvalue weighted by atomic mass is 35.5. The predicted octanol–water partition coefficient (Wildman–Crippen LogP) is 2.86. The Bertz CT molecular complexity index is 383. The van der Waals surface area contributed by atoms with Gasteiger partial charge in [0.1, 0.15) is 11.9 Å². The summed E-state index contributed by atoms with van der Waals surface area (Å²) in [5, 5.41) is 13.5. The lowest BCUT2D eigenvalue weighted by Gasteiger charge is -2.20. The molecule has 0 amide bonds. The Labute approximate surface area is 112 Å². The second-order valence-corrected chi connectivity index (χ2v) is 4.81. The van der Waals surface area contributed by atoms with Crippen LogP contribution in [0.1, 0.15) is 19.4 Å². The van der Waals surface area contributed by atoms with E-state index in [4.69, 9.17) is 27.9 Å². The maximum atomic E-state index is 9.44. The van der Waals surface area contributed by atoms with Gasteiger partial charge in [-0.1, -0.05) is 23.2 Å². The van der Waals surface area contributed by atoms with Gasteiger partial charge < -0.3 is 15.2 Å². The molecule has 96 valence electrons. The van der Waals surface area contributed by atoms with Crippen molar-refractivity contribution in [1.82, 2.24) is 5.32 Å². The molecule has 3 nitrogen and oxygen atoms in total. The van der Waals surface area contributed by atoms with Crippen LogP contribution in [-0.2, 0) is 6.54 Å². The lowest BCUT2D eigenvalue weighted by molar-refractivity contribution is 0.0598. The van der Waals surface area contributed by atoms with Gasteiger partial charge in [-0.2, -0.15) is 0 Å². The van der Waals surface area contributed by atoms with Gasteiger partial charge >= 0.3 is 0 Å². The standard InChI is InChI=1S/C12H17Cl2NO2/c1-7(16)8(2)17-12-9(6-15-3)4-10(13)5-11(12)14/h4-5,7-8,15-16H,6H2,1-3H3. The quantitative estimate of drug-likeness (QED) is 0.870. The SMILES string of the molecule is CNCc1cc(Cl)cc(Cl)c1OC(C)C(C)O. The van der Waals surface area contributed by atoms with Crippen LogP contribution in [0.3, 0.4) is 0 Å². The third-order valence-electron chi connectivity index (χ3n) is 2.44. The summed E-state index contributed by atoms with van der Waals surface area (Å²) in [6, 6.07) is 3.43. The van der Waals surface area contributed by atoms with E-state index in [1.54, 1.807) is 26.0 Å². The van der Waals surface area contributed by atoms with Gasteiger partial charge in [0.2, 0.25) is 0 Å². The summed E-state index contributed by atoms with van der Waals surface area (Å²) in [7, 11) is 1.83. The molecule has 0 fully saturated rings. The molecule has 2 N–H and O–H groups in total. The Kier molecular flexibility index (Phi) is 5.53. The Morgan fingerprint density at radius 2 is 2.00 bits per heavy atom. The summed E-state index contributed by atoms with van der Waals surface area (Å²) in [5.41, 5.74) is 0.873. The minimum absolute atomic E-state index is 0.329. The number of aliphatic hydroxyl groups excluding tert-OH is 1. The molecule has 0 aliphatic heterocycles. The van der Waals surface area contributed by atoms with Crippen LogP contribution < -0.4 is 10.1 Å². The topological polar surface area (TPSA) is 41.5 Å². The van der Waals surface area contributed by atoms with Crippen LogP contribution in [-0.4, -0.2) is 24.4 Å². The number of hydrogen-bond donors (Lipinski definition) is 2. The van der Waals surface area contributed by atoms with Crippen molar-refractivity contribution in [3.8, 4) is 5.75 Å². The maximum Gasteiger partial charge on any atom is 0.143 e. The van der Waals surface area contributed by atoms with Crippen molar-refractivity contribution in [2.24, 2.45) is 0 Å². The van der Waals surface area contributed by atoms with E-state index in [1.165, 1.54) is 0 Å². The average molecular weight is 278 g/mol. The first kappa shape index (κ1) is 14.6. The van der Waals surface area contributed by atoms with Crippen molar-refractivity contribution in [2.45, 2.75) is 32.6 Å². The number of aliphatic hydroxyl groups is 1. The number of rotatable bonds is 5. The zero-order valence-corrected chi connectivity index (χ0v) is 11.6. The van der Waals surface area contributed by atoms with E-state index < -0.39 is 6.10 Å². The minimum atomic E-state index is -0.566. The lowest BCUT2D eigenvalue weighted by Crippen LogP contribution is -2.26. The molecule has 1 aromatic rings. The van der Waals surface area contributed by atoms with Gasteiger partial charge in [-0.25, -0.2) is 0 Å². The van der Waals surface area contributed by atoms with Gasteiger partial charge in [-0.15, -0.1) is 0 Å². The highest BCUT2D eigenvalue weighted by Gasteiger charge is 2.16. The summed E-state index contributed by atoms with van der Waals surface area (Å²) < 4.78 is 5.66. The number of benzene rings is 1. The summed E-state index contributed by atoms with van der Waals surface area (Å²) in [6.07, 6.45) is -0.895. The fourth-order valence-corrected chi connectivity index (χ4v) is 1.93. The van der Waals surface area contributed by atoms with E-state index >= 15 is 0 Å². The molecular weight excluding hydrogens is 261 g/mol. The molecule has 0 radical (unpaired) electrons. The molecule has 0 aliphatic rings. The molecule has 0 saturated carbocycles. The van der Waals surface area contributed by atoms with Crippen molar-refractivity contribution >= 4 is 23.2 Å². The zero-order valence-electron chi connectivity index (χ0n) is 10.1. The maximum absolute atomic E-state index is 9.44. The molecule has 0 spiro atoms. The fraction of sp³-hybridized carbons (Fsp3) is 0.500. The molecule has 17 heavy (non-hydrogen) atoms. The predicted molar refractivity (Wildman–Crippen MR) is 71.0 cm³/mol. The van der Waals surface area contributed by atoms with Crippen LogP contribution in [0.4, 0.5) is 0 Å². The molecular formula is C12H17Cl2NO2. The van der Waals surface area contributed by atoms with E-state index in [2.05, 4.69) is 5.32 Å². The van der Waals surface area contributed by atoms with Crippen molar-refractivity contribution in [1.29, 1.82) is 0 Å². The average Bonchev–Trinajstić information content (AvgIpc) is 2.23. The molecule has 1 rings (SSSR count). The summed E-state index contributed by atoms with van der Waals surface area (Å²) >= 11 is 12.0. The Morgan fingerprint density at radius 1 is 1.35 bits per heavy atom.